The van der Waals surface area contributed by atoms with Gasteiger partial charge >= 0.3 is 0 Å². The van der Waals surface area contributed by atoms with Crippen LogP contribution >= 0.6 is 12.4 Å². The van der Waals surface area contributed by atoms with Crippen LogP contribution in [-0.4, -0.2) is 62.0 Å². The van der Waals surface area contributed by atoms with Crippen molar-refractivity contribution in [2.45, 2.75) is 37.6 Å². The zero-order valence-electron chi connectivity index (χ0n) is 15.7. The number of carbonyl (C=O) groups is 1. The van der Waals surface area contributed by atoms with Crippen molar-refractivity contribution < 1.29 is 13.2 Å². The van der Waals surface area contributed by atoms with Gasteiger partial charge in [-0.1, -0.05) is 0 Å². The van der Waals surface area contributed by atoms with Crippen molar-refractivity contribution in [3.05, 3.63) is 12.0 Å². The summed E-state index contributed by atoms with van der Waals surface area (Å²) in [6.45, 7) is 4.37. The zero-order valence-corrected chi connectivity index (χ0v) is 17.3. The predicted octanol–water partition coefficient (Wildman–Crippen LogP) is 0.667. The Labute approximate surface area is 162 Å². The molecule has 0 atom stereocenters. The Balaban J connectivity index is 0.00000338. The molecule has 1 saturated heterocycles. The van der Waals surface area contributed by atoms with Gasteiger partial charge in [-0.25, -0.2) is 18.1 Å². The zero-order chi connectivity index (χ0) is 18.4. The largest absolute Gasteiger partial charge is 0.343 e. The molecule has 1 aliphatic rings. The molecule has 1 fully saturated rings. The standard InChI is InChI=1S/C16H29N5O3S.ClH/c1-13-19-15(12-20(13)3)25(23,24)18-9-5-16(22)21-10-6-14(7-11-21)4-8-17-2;/h12,14,17-18H,4-11H2,1-3H3;1H. The van der Waals surface area contributed by atoms with Crippen molar-refractivity contribution >= 4 is 28.3 Å². The summed E-state index contributed by atoms with van der Waals surface area (Å²) in [5.41, 5.74) is 0. The number of carbonyl (C=O) groups excluding carboxylic acids is 1. The number of piperidine rings is 1. The lowest BCUT2D eigenvalue weighted by molar-refractivity contribution is -0.132. The molecular formula is C16H30ClN5O3S. The maximum atomic E-state index is 12.3. The molecule has 0 bridgehead atoms. The van der Waals surface area contributed by atoms with Crippen LogP contribution in [0.15, 0.2) is 11.2 Å². The molecule has 0 aromatic carbocycles. The minimum Gasteiger partial charge on any atom is -0.343 e. The van der Waals surface area contributed by atoms with Gasteiger partial charge in [0.2, 0.25) is 5.91 Å². The van der Waals surface area contributed by atoms with Gasteiger partial charge in [-0.3, -0.25) is 4.79 Å². The van der Waals surface area contributed by atoms with E-state index in [0.717, 1.165) is 38.9 Å². The highest BCUT2D eigenvalue weighted by atomic mass is 35.5. The van der Waals surface area contributed by atoms with Gasteiger partial charge in [-0.15, -0.1) is 12.4 Å². The summed E-state index contributed by atoms with van der Waals surface area (Å²) in [7, 11) is 0.0245. The van der Waals surface area contributed by atoms with Crippen LogP contribution < -0.4 is 10.0 Å². The minimum absolute atomic E-state index is 0. The smallest absolute Gasteiger partial charge is 0.259 e. The van der Waals surface area contributed by atoms with E-state index in [4.69, 9.17) is 0 Å². The highest BCUT2D eigenvalue weighted by molar-refractivity contribution is 7.89. The number of aryl methyl sites for hydroxylation is 2. The first kappa shape index (κ1) is 22.9. The second kappa shape index (κ2) is 10.2. The molecule has 1 aliphatic heterocycles. The van der Waals surface area contributed by atoms with E-state index in [0.29, 0.717) is 11.7 Å². The Morgan fingerprint density at radius 3 is 2.50 bits per heavy atom. The average Bonchev–Trinajstić information content (AvgIpc) is 2.93. The first-order chi connectivity index (χ1) is 11.8. The summed E-state index contributed by atoms with van der Waals surface area (Å²) in [5, 5.41) is 3.15. The number of aromatic nitrogens is 2. The minimum atomic E-state index is -3.67. The number of nitrogens with zero attached hydrogens (tertiary/aromatic N) is 3. The lowest BCUT2D eigenvalue weighted by atomic mass is 9.93. The van der Waals surface area contributed by atoms with Crippen LogP contribution in [-0.2, 0) is 21.9 Å². The molecule has 26 heavy (non-hydrogen) atoms. The molecule has 0 aliphatic carbocycles. The number of imidazole rings is 1. The molecule has 0 radical (unpaired) electrons. The van der Waals surface area contributed by atoms with Crippen molar-refractivity contribution in [3.63, 3.8) is 0 Å². The molecule has 2 N–H and O–H groups in total. The van der Waals surface area contributed by atoms with E-state index < -0.39 is 10.0 Å². The number of rotatable bonds is 8. The van der Waals surface area contributed by atoms with Crippen LogP contribution in [0.2, 0.25) is 0 Å². The predicted molar refractivity (Wildman–Crippen MR) is 103 cm³/mol. The number of hydrogen-bond acceptors (Lipinski definition) is 5. The maximum Gasteiger partial charge on any atom is 0.259 e. The summed E-state index contributed by atoms with van der Waals surface area (Å²) in [5.74, 6) is 1.30. The summed E-state index contributed by atoms with van der Waals surface area (Å²) in [4.78, 5) is 18.1. The Morgan fingerprint density at radius 1 is 1.31 bits per heavy atom. The molecule has 0 unspecified atom stereocenters. The van der Waals surface area contributed by atoms with Gasteiger partial charge in [-0.2, -0.15) is 0 Å². The highest BCUT2D eigenvalue weighted by Gasteiger charge is 2.23. The van der Waals surface area contributed by atoms with Crippen molar-refractivity contribution in [2.75, 3.05) is 33.2 Å². The Morgan fingerprint density at radius 2 is 1.96 bits per heavy atom. The van der Waals surface area contributed by atoms with Gasteiger partial charge in [-0.05, 0) is 45.7 Å². The number of nitrogens with one attached hydrogen (secondary N) is 2. The summed E-state index contributed by atoms with van der Waals surface area (Å²) >= 11 is 0. The summed E-state index contributed by atoms with van der Waals surface area (Å²) in [6.07, 6.45) is 4.82. The molecule has 1 aromatic heterocycles. The first-order valence-corrected chi connectivity index (χ1v) is 10.2. The summed E-state index contributed by atoms with van der Waals surface area (Å²) in [6, 6.07) is 0. The van der Waals surface area contributed by atoms with Gasteiger partial charge in [0.15, 0.2) is 5.03 Å². The van der Waals surface area contributed by atoms with E-state index >= 15 is 0 Å². The second-order valence-electron chi connectivity index (χ2n) is 6.60. The molecular weight excluding hydrogens is 378 g/mol. The number of hydrogen-bond donors (Lipinski definition) is 2. The molecule has 0 saturated carbocycles. The monoisotopic (exact) mass is 407 g/mol. The molecule has 1 amide bonds. The number of halogens is 1. The fourth-order valence-corrected chi connectivity index (χ4v) is 4.07. The van der Waals surface area contributed by atoms with Gasteiger partial charge in [0, 0.05) is 39.3 Å². The third kappa shape index (κ3) is 6.22. The fourth-order valence-electron chi connectivity index (χ4n) is 3.00. The van der Waals surface area contributed by atoms with Crippen molar-refractivity contribution in [1.82, 2.24) is 24.5 Å². The Hall–Kier alpha value is -1.16. The molecule has 150 valence electrons. The quantitative estimate of drug-likeness (QED) is 0.660. The molecule has 1 aromatic rings. The fraction of sp³-hybridized carbons (Fsp3) is 0.750. The van der Waals surface area contributed by atoms with E-state index in [1.807, 2.05) is 11.9 Å². The first-order valence-electron chi connectivity index (χ1n) is 8.75. The van der Waals surface area contributed by atoms with E-state index in [1.54, 1.807) is 18.5 Å². The van der Waals surface area contributed by atoms with E-state index in [1.165, 1.54) is 6.20 Å². The van der Waals surface area contributed by atoms with Gasteiger partial charge in [0.05, 0.1) is 0 Å². The number of likely N-dealkylation sites (tertiary alicyclic amines) is 1. The molecule has 8 nitrogen and oxygen atoms in total. The van der Waals surface area contributed by atoms with E-state index in [2.05, 4.69) is 15.0 Å². The van der Waals surface area contributed by atoms with Gasteiger partial charge < -0.3 is 14.8 Å². The normalized spacial score (nSPS) is 15.7. The second-order valence-corrected chi connectivity index (χ2v) is 8.32. The van der Waals surface area contributed by atoms with Gasteiger partial charge in [0.25, 0.3) is 10.0 Å². The van der Waals surface area contributed by atoms with Crippen LogP contribution in [0, 0.1) is 12.8 Å². The number of sulfonamides is 1. The van der Waals surface area contributed by atoms with Crippen LogP contribution in [0.4, 0.5) is 0 Å². The highest BCUT2D eigenvalue weighted by Crippen LogP contribution is 2.20. The van der Waals surface area contributed by atoms with E-state index in [9.17, 15) is 13.2 Å². The lowest BCUT2D eigenvalue weighted by Crippen LogP contribution is -2.40. The van der Waals surface area contributed by atoms with Crippen molar-refractivity contribution in [1.29, 1.82) is 0 Å². The van der Waals surface area contributed by atoms with Crippen LogP contribution in [0.5, 0.6) is 0 Å². The van der Waals surface area contributed by atoms with Crippen molar-refractivity contribution in [3.8, 4) is 0 Å². The Bertz CT molecular complexity index is 665. The van der Waals surface area contributed by atoms with Crippen molar-refractivity contribution in [2.24, 2.45) is 13.0 Å². The van der Waals surface area contributed by atoms with Crippen LogP contribution in [0.25, 0.3) is 0 Å². The third-order valence-electron chi connectivity index (χ3n) is 4.76. The average molecular weight is 408 g/mol. The van der Waals surface area contributed by atoms with Gasteiger partial charge in [0.1, 0.15) is 5.82 Å². The van der Waals surface area contributed by atoms with Crippen LogP contribution in [0.1, 0.15) is 31.5 Å². The molecule has 2 rings (SSSR count). The summed E-state index contributed by atoms with van der Waals surface area (Å²) < 4.78 is 28.5. The maximum absolute atomic E-state index is 12.3. The van der Waals surface area contributed by atoms with Crippen LogP contribution in [0.3, 0.4) is 0 Å². The third-order valence-corrected chi connectivity index (χ3v) is 6.09. The molecule has 10 heteroatoms. The number of amides is 1. The van der Waals surface area contributed by atoms with E-state index in [-0.39, 0.29) is 36.3 Å². The Kier molecular flexibility index (Phi) is 9.02. The molecule has 0 spiro atoms. The lowest BCUT2D eigenvalue weighted by Gasteiger charge is -2.32. The molecule has 2 heterocycles. The topological polar surface area (TPSA) is 96.3 Å². The SMILES string of the molecule is CNCCC1CCN(C(=O)CCNS(=O)(=O)c2cn(C)c(C)n2)CC1.Cl.